The van der Waals surface area contributed by atoms with Crippen LogP contribution in [0.15, 0.2) is 0 Å². The van der Waals surface area contributed by atoms with Gasteiger partial charge in [0, 0.05) is 0 Å². The molecule has 0 unspecified atom stereocenters. The molecule has 164 valence electrons. The average molecular weight is 448 g/mol. The van der Waals surface area contributed by atoms with Gasteiger partial charge in [0.15, 0.2) is 0 Å². The molecular weight excluding hydrogens is 409 g/mol. The molecule has 0 bridgehead atoms. The molecule has 0 N–H and O–H groups in total. The van der Waals surface area contributed by atoms with Crippen molar-refractivity contribution in [2.75, 3.05) is 69.9 Å². The molecule has 0 aliphatic carbocycles. The van der Waals surface area contributed by atoms with E-state index in [2.05, 4.69) is 13.8 Å². The Morgan fingerprint density at radius 3 is 1.44 bits per heavy atom. The van der Waals surface area contributed by atoms with Gasteiger partial charge in [0.1, 0.15) is 0 Å². The van der Waals surface area contributed by atoms with Crippen LogP contribution >= 0.6 is 22.1 Å². The summed E-state index contributed by atoms with van der Waals surface area (Å²) < 4.78 is 46.8. The molecule has 2 fully saturated rings. The summed E-state index contributed by atoms with van der Waals surface area (Å²) in [6, 6.07) is 0. The number of hydrogen-bond acceptors (Lipinski definition) is 7. The van der Waals surface area contributed by atoms with Crippen molar-refractivity contribution >= 4 is 22.1 Å². The molecule has 10 heteroatoms. The molecule has 0 saturated carbocycles. The van der Waals surface area contributed by atoms with E-state index in [-0.39, 0.29) is 12.6 Å². The van der Waals surface area contributed by atoms with E-state index in [9.17, 15) is 4.57 Å². The van der Waals surface area contributed by atoms with Gasteiger partial charge in [0.05, 0.1) is 0 Å². The van der Waals surface area contributed by atoms with Crippen LogP contribution in [0, 0.1) is 0 Å². The molecule has 0 aromatic rings. The Hall–Kier alpha value is 0.850. The van der Waals surface area contributed by atoms with E-state index in [1.807, 2.05) is 13.8 Å². The fourth-order valence-corrected chi connectivity index (χ4v) is 10.3. The quantitative estimate of drug-likeness (QED) is 0.468. The summed E-state index contributed by atoms with van der Waals surface area (Å²) >= 11 is 0. The molecule has 0 aromatic heterocycles. The van der Waals surface area contributed by atoms with Crippen molar-refractivity contribution in [3.63, 3.8) is 0 Å². The van der Waals surface area contributed by atoms with Gasteiger partial charge >= 0.3 is 165 Å². The number of ether oxygens (including phenoxy) is 4. The third kappa shape index (κ3) is 7.55. The molecule has 0 aromatic carbocycles. The van der Waals surface area contributed by atoms with Crippen molar-refractivity contribution in [1.82, 2.24) is 0 Å². The summed E-state index contributed by atoms with van der Waals surface area (Å²) in [6.07, 6.45) is 6.79. The van der Waals surface area contributed by atoms with Gasteiger partial charge in [-0.15, -0.1) is 0 Å². The third-order valence-corrected chi connectivity index (χ3v) is 15.9. The second kappa shape index (κ2) is 10.8. The van der Waals surface area contributed by atoms with E-state index in [1.165, 1.54) is 0 Å². The van der Waals surface area contributed by atoms with Crippen molar-refractivity contribution in [1.29, 1.82) is 0 Å². The Morgan fingerprint density at radius 2 is 1.15 bits per heavy atom. The minimum atomic E-state index is -3.05. The van der Waals surface area contributed by atoms with E-state index in [4.69, 9.17) is 28.0 Å². The van der Waals surface area contributed by atoms with E-state index in [0.29, 0.717) is 13.2 Å². The van der Waals surface area contributed by atoms with Crippen LogP contribution in [-0.4, -0.2) is 82.5 Å². The Balaban J connectivity index is 1.72. The molecule has 0 atom stereocenters. The SMILES string of the molecule is CC[PH]1(CCOP(C)(=O)OCC[PH]2(CC)COC(C)OC2)COC(C)OC1. The summed E-state index contributed by atoms with van der Waals surface area (Å²) in [5.41, 5.74) is 0. The molecule has 2 aliphatic heterocycles. The van der Waals surface area contributed by atoms with Gasteiger partial charge in [-0.1, -0.05) is 0 Å². The summed E-state index contributed by atoms with van der Waals surface area (Å²) in [7, 11) is -6.36. The second-order valence-corrected chi connectivity index (χ2v) is 19.7. The van der Waals surface area contributed by atoms with Crippen molar-refractivity contribution in [3.8, 4) is 0 Å². The van der Waals surface area contributed by atoms with E-state index in [1.54, 1.807) is 6.66 Å². The summed E-state index contributed by atoms with van der Waals surface area (Å²) in [6.45, 7) is 10.7. The maximum absolute atomic E-state index is 12.6. The monoisotopic (exact) mass is 448 g/mol. The first-order valence-corrected chi connectivity index (χ1v) is 17.7. The van der Waals surface area contributed by atoms with Crippen LogP contribution in [0.4, 0.5) is 0 Å². The molecule has 2 aliphatic rings. The fraction of sp³-hybridized carbons (Fsp3) is 1.00. The van der Waals surface area contributed by atoms with Gasteiger partial charge in [-0.2, -0.15) is 0 Å². The average Bonchev–Trinajstić information content (AvgIpc) is 2.65. The van der Waals surface area contributed by atoms with Crippen LogP contribution < -0.4 is 0 Å². The maximum atomic E-state index is 12.6. The molecule has 2 rings (SSSR count). The fourth-order valence-electron chi connectivity index (χ4n) is 3.30. The van der Waals surface area contributed by atoms with Crippen LogP contribution in [0.2, 0.25) is 0 Å². The zero-order valence-corrected chi connectivity index (χ0v) is 20.4. The Labute approximate surface area is 165 Å². The zero-order chi connectivity index (χ0) is 20.0. The first kappa shape index (κ1) is 24.1. The third-order valence-electron chi connectivity index (χ3n) is 5.91. The summed E-state index contributed by atoms with van der Waals surface area (Å²) in [4.78, 5) is 0. The molecule has 0 spiro atoms. The van der Waals surface area contributed by atoms with Crippen molar-refractivity contribution in [3.05, 3.63) is 0 Å². The van der Waals surface area contributed by atoms with Crippen LogP contribution in [0.5, 0.6) is 0 Å². The first-order valence-electron chi connectivity index (χ1n) is 10.1. The Morgan fingerprint density at radius 1 is 0.815 bits per heavy atom. The molecule has 0 amide bonds. The predicted octanol–water partition coefficient (Wildman–Crippen LogP) is 4.00. The van der Waals surface area contributed by atoms with Gasteiger partial charge in [-0.25, -0.2) is 0 Å². The van der Waals surface area contributed by atoms with E-state index < -0.39 is 22.1 Å². The number of hydrogen-bond donors (Lipinski definition) is 0. The first-order chi connectivity index (χ1) is 12.7. The van der Waals surface area contributed by atoms with Crippen molar-refractivity contribution in [2.45, 2.75) is 40.3 Å². The summed E-state index contributed by atoms with van der Waals surface area (Å²) in [5.74, 6) is 0. The van der Waals surface area contributed by atoms with Gasteiger partial charge < -0.3 is 0 Å². The summed E-state index contributed by atoms with van der Waals surface area (Å²) in [5, 5.41) is 0. The van der Waals surface area contributed by atoms with Gasteiger partial charge in [-0.05, 0) is 0 Å². The topological polar surface area (TPSA) is 72.5 Å². The van der Waals surface area contributed by atoms with Crippen LogP contribution in [0.1, 0.15) is 27.7 Å². The van der Waals surface area contributed by atoms with Crippen molar-refractivity contribution < 1.29 is 32.6 Å². The molecule has 27 heavy (non-hydrogen) atoms. The van der Waals surface area contributed by atoms with E-state index in [0.717, 1.165) is 50.0 Å². The molecule has 2 heterocycles. The predicted molar refractivity (Wildman–Crippen MR) is 116 cm³/mol. The molecule has 7 nitrogen and oxygen atoms in total. The van der Waals surface area contributed by atoms with Gasteiger partial charge in [0.2, 0.25) is 0 Å². The zero-order valence-electron chi connectivity index (χ0n) is 17.5. The number of rotatable bonds is 10. The van der Waals surface area contributed by atoms with Crippen molar-refractivity contribution in [2.24, 2.45) is 0 Å². The normalized spacial score (nSPS) is 32.3. The molecular formula is C17H39O7P3. The standard InChI is InChI=1S/C17H39O7P3/c1-6-26(12-19-16(3)20-13-26)10-8-23-25(5,18)24-9-11-27(7-2)14-21-17(4)22-15-27/h16-17,26-27H,6-15H2,1-5H3. The minimum absolute atomic E-state index is 0.121. The molecule has 2 saturated heterocycles. The van der Waals surface area contributed by atoms with Gasteiger partial charge in [0.25, 0.3) is 0 Å². The van der Waals surface area contributed by atoms with Gasteiger partial charge in [-0.3, -0.25) is 0 Å². The van der Waals surface area contributed by atoms with E-state index >= 15 is 0 Å². The van der Waals surface area contributed by atoms with Crippen LogP contribution in [0.25, 0.3) is 0 Å². The Bertz CT molecular complexity index is 449. The molecule has 0 radical (unpaired) electrons. The Kier molecular flexibility index (Phi) is 9.61. The van der Waals surface area contributed by atoms with Crippen LogP contribution in [0.3, 0.4) is 0 Å². The second-order valence-electron chi connectivity index (χ2n) is 8.02. The van der Waals surface area contributed by atoms with Crippen LogP contribution in [-0.2, 0) is 32.6 Å².